The van der Waals surface area contributed by atoms with Crippen molar-refractivity contribution in [3.63, 3.8) is 0 Å². The highest BCUT2D eigenvalue weighted by Gasteiger charge is 2.14. The summed E-state index contributed by atoms with van der Waals surface area (Å²) < 4.78 is 10.9. The average Bonchev–Trinajstić information content (AvgIpc) is 2.47. The Kier molecular flexibility index (Phi) is 5.09. The molecule has 0 fully saturated rings. The van der Waals surface area contributed by atoms with Crippen molar-refractivity contribution < 1.29 is 14.4 Å². The molecule has 2 rings (SSSR count). The van der Waals surface area contributed by atoms with Gasteiger partial charge in [0.2, 0.25) is 5.75 Å². The van der Waals surface area contributed by atoms with Crippen molar-refractivity contribution in [3.05, 3.63) is 58.3 Å². The zero-order valence-corrected chi connectivity index (χ0v) is 11.7. The van der Waals surface area contributed by atoms with Gasteiger partial charge in [0.05, 0.1) is 13.2 Å². The largest absolute Gasteiger partial charge is 0.493 e. The monoisotopic (exact) mass is 288 g/mol. The van der Waals surface area contributed by atoms with E-state index in [1.165, 1.54) is 12.3 Å². The summed E-state index contributed by atoms with van der Waals surface area (Å²) >= 11 is 0. The van der Waals surface area contributed by atoms with Crippen molar-refractivity contribution in [1.29, 1.82) is 0 Å². The highest BCUT2D eigenvalue weighted by molar-refractivity contribution is 5.38. The highest BCUT2D eigenvalue weighted by Crippen LogP contribution is 2.22. The van der Waals surface area contributed by atoms with E-state index in [1.807, 2.05) is 31.2 Å². The van der Waals surface area contributed by atoms with Crippen LogP contribution in [0.15, 0.2) is 42.6 Å². The number of benzene rings is 1. The number of ether oxygens (including phenoxy) is 2. The van der Waals surface area contributed by atoms with E-state index in [4.69, 9.17) is 9.47 Å². The minimum atomic E-state index is -0.557. The third kappa shape index (κ3) is 4.45. The molecule has 0 bridgehead atoms. The minimum absolute atomic E-state index is 0.179. The van der Waals surface area contributed by atoms with Gasteiger partial charge in [0, 0.05) is 6.42 Å². The summed E-state index contributed by atoms with van der Waals surface area (Å²) in [6, 6.07) is 10.9. The first kappa shape index (κ1) is 14.8. The van der Waals surface area contributed by atoms with Crippen LogP contribution in [0.2, 0.25) is 0 Å². The van der Waals surface area contributed by atoms with Crippen LogP contribution >= 0.6 is 0 Å². The summed E-state index contributed by atoms with van der Waals surface area (Å²) in [5.74, 6) is 0.720. The number of hydrogen-bond acceptors (Lipinski definition) is 5. The lowest BCUT2D eigenvalue weighted by molar-refractivity contribution is -0.390. The Bertz CT molecular complexity index is 616. The number of rotatable bonds is 7. The summed E-state index contributed by atoms with van der Waals surface area (Å²) in [6.45, 7) is 2.81. The Morgan fingerprint density at radius 1 is 1.19 bits per heavy atom. The molecule has 0 atom stereocenters. The molecule has 2 aromatic rings. The predicted octanol–water partition coefficient (Wildman–Crippen LogP) is 3.15. The molecule has 6 nitrogen and oxygen atoms in total. The van der Waals surface area contributed by atoms with Crippen molar-refractivity contribution in [2.75, 3.05) is 13.2 Å². The van der Waals surface area contributed by atoms with Gasteiger partial charge in [-0.05, 0) is 46.7 Å². The van der Waals surface area contributed by atoms with Crippen molar-refractivity contribution >= 4 is 5.82 Å². The first-order valence-electron chi connectivity index (χ1n) is 6.58. The lowest BCUT2D eigenvalue weighted by atomic mass is 10.2. The smallest absolute Gasteiger partial charge is 0.406 e. The maximum atomic E-state index is 10.8. The Morgan fingerprint density at radius 3 is 2.76 bits per heavy atom. The van der Waals surface area contributed by atoms with E-state index < -0.39 is 4.92 Å². The maximum Gasteiger partial charge on any atom is 0.406 e. The lowest BCUT2D eigenvalue weighted by Gasteiger charge is -2.08. The maximum absolute atomic E-state index is 10.8. The van der Waals surface area contributed by atoms with E-state index in [9.17, 15) is 10.1 Å². The fraction of sp³-hybridized carbons (Fsp3) is 0.267. The van der Waals surface area contributed by atoms with Crippen LogP contribution in [0.25, 0.3) is 0 Å². The molecule has 0 saturated heterocycles. The van der Waals surface area contributed by atoms with E-state index in [1.54, 1.807) is 6.07 Å². The Morgan fingerprint density at radius 2 is 2.00 bits per heavy atom. The number of pyridine rings is 1. The van der Waals surface area contributed by atoms with Crippen LogP contribution in [0.5, 0.6) is 11.5 Å². The second-order valence-electron chi connectivity index (χ2n) is 4.45. The Labute approximate surface area is 122 Å². The van der Waals surface area contributed by atoms with Gasteiger partial charge < -0.3 is 19.6 Å². The molecule has 0 amide bonds. The number of hydrogen-bond donors (Lipinski definition) is 0. The number of aromatic nitrogens is 1. The van der Waals surface area contributed by atoms with Crippen LogP contribution < -0.4 is 9.47 Å². The normalized spacial score (nSPS) is 10.1. The van der Waals surface area contributed by atoms with Gasteiger partial charge in [-0.25, -0.2) is 0 Å². The van der Waals surface area contributed by atoms with Crippen molar-refractivity contribution in [2.24, 2.45) is 0 Å². The standard InChI is InChI=1S/C15H16N2O4/c1-12-5-2-6-13(11-12)20-9-4-10-21-14-7-3-8-16-15(14)17(18)19/h2-3,5-8,11H,4,9-10H2,1H3. The number of nitrogens with zero attached hydrogens (tertiary/aromatic N) is 2. The van der Waals surface area contributed by atoms with Crippen LogP contribution in [0.1, 0.15) is 12.0 Å². The summed E-state index contributed by atoms with van der Waals surface area (Å²) in [5.41, 5.74) is 1.13. The first-order valence-corrected chi connectivity index (χ1v) is 6.58. The van der Waals surface area contributed by atoms with E-state index >= 15 is 0 Å². The van der Waals surface area contributed by atoms with Gasteiger partial charge >= 0.3 is 5.82 Å². The molecule has 6 heteroatoms. The van der Waals surface area contributed by atoms with Gasteiger partial charge in [-0.1, -0.05) is 12.1 Å². The summed E-state index contributed by atoms with van der Waals surface area (Å²) in [7, 11) is 0. The molecule has 0 aliphatic carbocycles. The number of nitro groups is 1. The second-order valence-corrected chi connectivity index (χ2v) is 4.45. The first-order chi connectivity index (χ1) is 10.2. The van der Waals surface area contributed by atoms with Gasteiger partial charge in [-0.2, -0.15) is 0 Å². The van der Waals surface area contributed by atoms with Gasteiger partial charge in [0.15, 0.2) is 0 Å². The van der Waals surface area contributed by atoms with Crippen LogP contribution in [0.3, 0.4) is 0 Å². The molecule has 0 saturated carbocycles. The van der Waals surface area contributed by atoms with E-state index in [0.29, 0.717) is 19.6 Å². The Hall–Kier alpha value is -2.63. The van der Waals surface area contributed by atoms with Crippen molar-refractivity contribution in [2.45, 2.75) is 13.3 Å². The second kappa shape index (κ2) is 7.23. The summed E-state index contributed by atoms with van der Waals surface area (Å²) in [5, 5.41) is 10.8. The van der Waals surface area contributed by atoms with Gasteiger partial charge in [-0.3, -0.25) is 0 Å². The molecule has 110 valence electrons. The molecular formula is C15H16N2O4. The molecule has 0 aliphatic heterocycles. The van der Waals surface area contributed by atoms with Crippen LogP contribution in [0, 0.1) is 17.0 Å². The molecule has 1 aromatic carbocycles. The SMILES string of the molecule is Cc1cccc(OCCCOc2cccnc2[N+](=O)[O-])c1. The lowest BCUT2D eigenvalue weighted by Crippen LogP contribution is -2.06. The molecular weight excluding hydrogens is 272 g/mol. The molecule has 0 radical (unpaired) electrons. The number of aryl methyl sites for hydroxylation is 1. The molecule has 1 aromatic heterocycles. The molecule has 1 heterocycles. The summed E-state index contributed by atoms with van der Waals surface area (Å²) in [4.78, 5) is 13.9. The quantitative estimate of drug-likeness (QED) is 0.444. The molecule has 0 spiro atoms. The minimum Gasteiger partial charge on any atom is -0.493 e. The highest BCUT2D eigenvalue weighted by atomic mass is 16.6. The molecule has 21 heavy (non-hydrogen) atoms. The van der Waals surface area contributed by atoms with Crippen LogP contribution in [-0.4, -0.2) is 23.1 Å². The third-order valence-electron chi connectivity index (χ3n) is 2.73. The average molecular weight is 288 g/mol. The third-order valence-corrected chi connectivity index (χ3v) is 2.73. The van der Waals surface area contributed by atoms with Crippen LogP contribution in [0.4, 0.5) is 5.82 Å². The zero-order chi connectivity index (χ0) is 15.1. The molecule has 0 aliphatic rings. The van der Waals surface area contributed by atoms with Gasteiger partial charge in [-0.15, -0.1) is 0 Å². The topological polar surface area (TPSA) is 74.5 Å². The van der Waals surface area contributed by atoms with Gasteiger partial charge in [0.25, 0.3) is 0 Å². The van der Waals surface area contributed by atoms with Gasteiger partial charge in [0.1, 0.15) is 11.9 Å². The van der Waals surface area contributed by atoms with E-state index in [-0.39, 0.29) is 11.6 Å². The summed E-state index contributed by atoms with van der Waals surface area (Å²) in [6.07, 6.45) is 1.99. The molecule has 0 unspecified atom stereocenters. The fourth-order valence-electron chi connectivity index (χ4n) is 1.77. The van der Waals surface area contributed by atoms with Crippen molar-refractivity contribution in [1.82, 2.24) is 4.98 Å². The van der Waals surface area contributed by atoms with Crippen LogP contribution in [-0.2, 0) is 0 Å². The fourth-order valence-corrected chi connectivity index (χ4v) is 1.77. The van der Waals surface area contributed by atoms with E-state index in [0.717, 1.165) is 11.3 Å². The Balaban J connectivity index is 1.76. The van der Waals surface area contributed by atoms with E-state index in [2.05, 4.69) is 4.98 Å². The predicted molar refractivity (Wildman–Crippen MR) is 77.7 cm³/mol. The zero-order valence-electron chi connectivity index (χ0n) is 11.7. The van der Waals surface area contributed by atoms with Crippen molar-refractivity contribution in [3.8, 4) is 11.5 Å². The molecule has 0 N–H and O–H groups in total.